The number of carbonyl (C=O) groups excluding carboxylic acids is 1. The zero-order valence-corrected chi connectivity index (χ0v) is 15.9. The van der Waals surface area contributed by atoms with Gasteiger partial charge in [0.2, 0.25) is 0 Å². The number of alkyl halides is 1. The molecule has 0 saturated heterocycles. The van der Waals surface area contributed by atoms with Crippen LogP contribution in [-0.2, 0) is 9.53 Å². The zero-order chi connectivity index (χ0) is 18.4. The summed E-state index contributed by atoms with van der Waals surface area (Å²) in [4.78, 5) is 12.6. The lowest BCUT2D eigenvalue weighted by Gasteiger charge is -2.24. The Balaban J connectivity index is 1.79. The van der Waals surface area contributed by atoms with Gasteiger partial charge in [0.1, 0.15) is 5.54 Å². The van der Waals surface area contributed by atoms with E-state index < -0.39 is 5.54 Å². The third kappa shape index (κ3) is 4.11. The smallest absolute Gasteiger partial charge is 0.326 e. The second-order valence-corrected chi connectivity index (χ2v) is 7.20. The van der Waals surface area contributed by atoms with E-state index in [4.69, 9.17) is 16.3 Å². The van der Waals surface area contributed by atoms with Gasteiger partial charge >= 0.3 is 5.97 Å². The number of rotatable bonds is 9. The van der Waals surface area contributed by atoms with Crippen LogP contribution in [-0.4, -0.2) is 30.5 Å². The summed E-state index contributed by atoms with van der Waals surface area (Å²) in [6.07, 6.45) is 1.63. The third-order valence-electron chi connectivity index (χ3n) is 5.23. The molecule has 3 rings (SSSR count). The standard InChI is InChI=1S/C22H26ClNO2/c1-2-26-21(25)22(15-19(22)13-14-23)24-16-20(17-9-5-3-6-10-17)18-11-7-4-8-12-18/h3-12,19-20,24H,2,13-16H2,1H3/t19?,22-/m0/s1. The molecule has 2 atom stereocenters. The molecular formula is C22H26ClNO2. The molecule has 0 spiro atoms. The molecule has 0 aliphatic heterocycles. The molecule has 1 saturated carbocycles. The van der Waals surface area contributed by atoms with Crippen LogP contribution in [0, 0.1) is 5.92 Å². The van der Waals surface area contributed by atoms with Crippen molar-refractivity contribution in [3.05, 3.63) is 71.8 Å². The maximum atomic E-state index is 12.6. The summed E-state index contributed by atoms with van der Waals surface area (Å²) in [6, 6.07) is 20.8. The van der Waals surface area contributed by atoms with Crippen LogP contribution in [0.3, 0.4) is 0 Å². The molecule has 1 fully saturated rings. The fourth-order valence-electron chi connectivity index (χ4n) is 3.69. The van der Waals surface area contributed by atoms with Crippen LogP contribution in [0.15, 0.2) is 60.7 Å². The molecule has 1 unspecified atom stereocenters. The van der Waals surface area contributed by atoms with Gasteiger partial charge in [-0.25, -0.2) is 0 Å². The van der Waals surface area contributed by atoms with Crippen LogP contribution in [0.5, 0.6) is 0 Å². The summed E-state index contributed by atoms with van der Waals surface area (Å²) in [5.74, 6) is 0.857. The van der Waals surface area contributed by atoms with E-state index >= 15 is 0 Å². The van der Waals surface area contributed by atoms with E-state index in [0.717, 1.165) is 12.8 Å². The van der Waals surface area contributed by atoms with Gasteiger partial charge in [-0.05, 0) is 36.8 Å². The van der Waals surface area contributed by atoms with E-state index in [-0.39, 0.29) is 17.8 Å². The third-order valence-corrected chi connectivity index (χ3v) is 5.45. The highest BCUT2D eigenvalue weighted by atomic mass is 35.5. The number of esters is 1. The second kappa shape index (κ2) is 8.70. The van der Waals surface area contributed by atoms with Crippen LogP contribution >= 0.6 is 11.6 Å². The monoisotopic (exact) mass is 371 g/mol. The Morgan fingerprint density at radius 2 is 1.73 bits per heavy atom. The maximum absolute atomic E-state index is 12.6. The van der Waals surface area contributed by atoms with Gasteiger partial charge in [-0.1, -0.05) is 60.7 Å². The quantitative estimate of drug-likeness (QED) is 0.525. The fourth-order valence-corrected chi connectivity index (χ4v) is 3.95. The van der Waals surface area contributed by atoms with E-state index in [1.54, 1.807) is 0 Å². The first-order valence-corrected chi connectivity index (χ1v) is 9.83. The second-order valence-electron chi connectivity index (χ2n) is 6.83. The molecule has 138 valence electrons. The maximum Gasteiger partial charge on any atom is 0.326 e. The van der Waals surface area contributed by atoms with Gasteiger partial charge in [-0.3, -0.25) is 4.79 Å². The average Bonchev–Trinajstić information content (AvgIpc) is 3.38. The lowest BCUT2D eigenvalue weighted by atomic mass is 9.91. The first-order chi connectivity index (χ1) is 12.7. The lowest BCUT2D eigenvalue weighted by molar-refractivity contribution is -0.147. The molecule has 1 aliphatic rings. The van der Waals surface area contributed by atoms with Crippen LogP contribution in [0.25, 0.3) is 0 Å². The molecule has 2 aromatic carbocycles. The van der Waals surface area contributed by atoms with E-state index in [2.05, 4.69) is 53.8 Å². The first-order valence-electron chi connectivity index (χ1n) is 9.29. The topological polar surface area (TPSA) is 38.3 Å². The van der Waals surface area contributed by atoms with Gasteiger partial charge < -0.3 is 10.1 Å². The minimum absolute atomic E-state index is 0.144. The summed E-state index contributed by atoms with van der Waals surface area (Å²) >= 11 is 5.92. The molecule has 0 aromatic heterocycles. The number of ether oxygens (including phenoxy) is 1. The molecule has 0 radical (unpaired) electrons. The molecule has 1 aliphatic carbocycles. The van der Waals surface area contributed by atoms with Crippen molar-refractivity contribution in [2.24, 2.45) is 5.92 Å². The van der Waals surface area contributed by atoms with Crippen molar-refractivity contribution in [2.75, 3.05) is 19.0 Å². The minimum atomic E-state index is -0.577. The van der Waals surface area contributed by atoms with Crippen molar-refractivity contribution < 1.29 is 9.53 Å². The Labute approximate surface area is 160 Å². The number of benzene rings is 2. The van der Waals surface area contributed by atoms with Crippen LogP contribution < -0.4 is 5.32 Å². The normalized spacial score (nSPS) is 21.6. The molecule has 26 heavy (non-hydrogen) atoms. The van der Waals surface area contributed by atoms with E-state index in [1.807, 2.05) is 19.1 Å². The molecule has 0 amide bonds. The van der Waals surface area contributed by atoms with Gasteiger partial charge in [-0.2, -0.15) is 0 Å². The van der Waals surface area contributed by atoms with E-state index in [1.165, 1.54) is 11.1 Å². The van der Waals surface area contributed by atoms with Crippen LogP contribution in [0.1, 0.15) is 36.8 Å². The molecule has 0 heterocycles. The Morgan fingerprint density at radius 3 is 2.23 bits per heavy atom. The summed E-state index contributed by atoms with van der Waals surface area (Å²) in [5.41, 5.74) is 1.90. The highest BCUT2D eigenvalue weighted by molar-refractivity contribution is 6.17. The summed E-state index contributed by atoms with van der Waals surface area (Å²) in [5, 5.41) is 3.55. The van der Waals surface area contributed by atoms with Gasteiger partial charge in [0.25, 0.3) is 0 Å². The van der Waals surface area contributed by atoms with E-state index in [9.17, 15) is 4.79 Å². The predicted octanol–water partition coefficient (Wildman–Crippen LogP) is 4.36. The summed E-state index contributed by atoms with van der Waals surface area (Å²) in [6.45, 7) is 2.93. The number of nitrogens with one attached hydrogen (secondary N) is 1. The van der Waals surface area contributed by atoms with Gasteiger partial charge in [-0.15, -0.1) is 11.6 Å². The Kier molecular flexibility index (Phi) is 6.33. The SMILES string of the molecule is CCOC(=O)[C@]1(NCC(c2ccccc2)c2ccccc2)CC1CCCl. The van der Waals surface area contributed by atoms with E-state index in [0.29, 0.717) is 19.0 Å². The van der Waals surface area contributed by atoms with Crippen molar-refractivity contribution in [1.82, 2.24) is 5.32 Å². The van der Waals surface area contributed by atoms with Crippen LogP contribution in [0.4, 0.5) is 0 Å². The molecular weight excluding hydrogens is 346 g/mol. The van der Waals surface area contributed by atoms with Gasteiger partial charge in [0, 0.05) is 18.3 Å². The first kappa shape index (κ1) is 18.9. The number of halogens is 1. The summed E-state index contributed by atoms with van der Waals surface area (Å²) < 4.78 is 5.34. The molecule has 1 N–H and O–H groups in total. The lowest BCUT2D eigenvalue weighted by Crippen LogP contribution is -2.44. The van der Waals surface area contributed by atoms with Gasteiger partial charge in [0.05, 0.1) is 6.61 Å². The molecule has 3 nitrogen and oxygen atoms in total. The van der Waals surface area contributed by atoms with Crippen molar-refractivity contribution >= 4 is 17.6 Å². The largest absolute Gasteiger partial charge is 0.465 e. The fraction of sp³-hybridized carbons (Fsp3) is 0.409. The Hall–Kier alpha value is -1.84. The number of hydrogen-bond acceptors (Lipinski definition) is 3. The molecule has 0 bridgehead atoms. The van der Waals surface area contributed by atoms with Crippen molar-refractivity contribution in [3.63, 3.8) is 0 Å². The number of hydrogen-bond donors (Lipinski definition) is 1. The van der Waals surface area contributed by atoms with Crippen molar-refractivity contribution in [3.8, 4) is 0 Å². The highest BCUT2D eigenvalue weighted by Gasteiger charge is 2.60. The molecule has 4 heteroatoms. The van der Waals surface area contributed by atoms with Gasteiger partial charge in [0.15, 0.2) is 0 Å². The Bertz CT molecular complexity index is 667. The molecule has 2 aromatic rings. The zero-order valence-electron chi connectivity index (χ0n) is 15.2. The highest BCUT2D eigenvalue weighted by Crippen LogP contribution is 2.47. The number of carbonyl (C=O) groups is 1. The minimum Gasteiger partial charge on any atom is -0.465 e. The summed E-state index contributed by atoms with van der Waals surface area (Å²) in [7, 11) is 0. The predicted molar refractivity (Wildman–Crippen MR) is 106 cm³/mol. The van der Waals surface area contributed by atoms with Crippen LogP contribution in [0.2, 0.25) is 0 Å². The Morgan fingerprint density at radius 1 is 1.15 bits per heavy atom. The van der Waals surface area contributed by atoms with Crippen molar-refractivity contribution in [2.45, 2.75) is 31.2 Å². The average molecular weight is 372 g/mol. The van der Waals surface area contributed by atoms with Crippen molar-refractivity contribution in [1.29, 1.82) is 0 Å².